The lowest BCUT2D eigenvalue weighted by Crippen LogP contribution is -2.44. The molecule has 1 aliphatic heterocycles. The molecule has 0 radical (unpaired) electrons. The number of aromatic nitrogens is 2. The fraction of sp³-hybridized carbons (Fsp3) is 0.263. The van der Waals surface area contributed by atoms with E-state index in [1.54, 1.807) is 11.5 Å². The number of benzene rings is 2. The molecular weight excluding hydrogens is 316 g/mol. The predicted molar refractivity (Wildman–Crippen MR) is 98.8 cm³/mol. The number of anilines is 1. The number of likely N-dealkylation sites (N-methyl/N-ethyl adjacent to an activating group) is 1. The van der Waals surface area contributed by atoms with Crippen LogP contribution in [0.25, 0.3) is 17.1 Å². The summed E-state index contributed by atoms with van der Waals surface area (Å²) in [6.45, 7) is 4.25. The van der Waals surface area contributed by atoms with E-state index in [0.29, 0.717) is 0 Å². The van der Waals surface area contributed by atoms with Crippen LogP contribution in [0.5, 0.6) is 0 Å². The highest BCUT2D eigenvalue weighted by Crippen LogP contribution is 2.25. The van der Waals surface area contributed by atoms with Gasteiger partial charge in [0.05, 0.1) is 5.56 Å². The number of hydrogen-bond donors (Lipinski definition) is 0. The maximum absolute atomic E-state index is 4.99. The summed E-state index contributed by atoms with van der Waals surface area (Å²) in [6, 6.07) is 20.9. The lowest BCUT2D eigenvalue weighted by molar-refractivity contribution is -0.509. The third kappa shape index (κ3) is 3.05. The fourth-order valence-corrected chi connectivity index (χ4v) is 3.96. The number of piperazine rings is 1. The van der Waals surface area contributed by atoms with Gasteiger partial charge in [0.2, 0.25) is 0 Å². The Morgan fingerprint density at radius 3 is 2.17 bits per heavy atom. The Hall–Kier alpha value is -2.24. The molecule has 122 valence electrons. The molecule has 1 aliphatic rings. The van der Waals surface area contributed by atoms with E-state index >= 15 is 0 Å². The molecule has 24 heavy (non-hydrogen) atoms. The van der Waals surface area contributed by atoms with Crippen molar-refractivity contribution in [3.8, 4) is 17.1 Å². The zero-order valence-electron chi connectivity index (χ0n) is 13.8. The maximum atomic E-state index is 4.99. The molecule has 1 fully saturated rings. The van der Waals surface area contributed by atoms with Gasteiger partial charge in [0.25, 0.3) is 0 Å². The first-order valence-electron chi connectivity index (χ1n) is 8.29. The molecule has 4 rings (SSSR count). The van der Waals surface area contributed by atoms with Crippen molar-refractivity contribution in [3.63, 3.8) is 0 Å². The van der Waals surface area contributed by atoms with Gasteiger partial charge in [-0.1, -0.05) is 36.4 Å². The van der Waals surface area contributed by atoms with E-state index in [1.165, 1.54) is 0 Å². The van der Waals surface area contributed by atoms with Crippen molar-refractivity contribution in [1.29, 1.82) is 0 Å². The van der Waals surface area contributed by atoms with E-state index in [-0.39, 0.29) is 0 Å². The molecule has 2 heterocycles. The van der Waals surface area contributed by atoms with Crippen LogP contribution in [0.2, 0.25) is 0 Å². The molecule has 0 amide bonds. The summed E-state index contributed by atoms with van der Waals surface area (Å²) >= 11 is 1.73. The summed E-state index contributed by atoms with van der Waals surface area (Å²) in [6.07, 6.45) is 0. The minimum absolute atomic E-state index is 1.01. The monoisotopic (exact) mass is 337 g/mol. The highest BCUT2D eigenvalue weighted by Gasteiger charge is 2.29. The second kappa shape index (κ2) is 6.71. The van der Waals surface area contributed by atoms with Crippen molar-refractivity contribution in [2.45, 2.75) is 0 Å². The van der Waals surface area contributed by atoms with E-state index in [4.69, 9.17) is 4.98 Å². The SMILES string of the molecule is CN1CCN(c2nc(-c3ccccc3)[n+](-c3ccccc3)s2)CC1. The molecule has 0 aliphatic carbocycles. The summed E-state index contributed by atoms with van der Waals surface area (Å²) in [4.78, 5) is 9.76. The second-order valence-electron chi connectivity index (χ2n) is 6.10. The Balaban J connectivity index is 1.76. The van der Waals surface area contributed by atoms with Crippen LogP contribution in [-0.2, 0) is 0 Å². The van der Waals surface area contributed by atoms with Crippen molar-refractivity contribution >= 4 is 16.7 Å². The standard InChI is InChI=1S/C19H21N4S/c1-21-12-14-22(15-13-21)19-20-18(16-8-4-2-5-9-16)23(24-19)17-10-6-3-7-11-17/h2-11H,12-15H2,1H3/q+1. The number of nitrogens with zero attached hydrogens (tertiary/aromatic N) is 4. The molecule has 0 spiro atoms. The van der Waals surface area contributed by atoms with Gasteiger partial charge in [0.15, 0.2) is 0 Å². The lowest BCUT2D eigenvalue weighted by atomic mass is 10.2. The average molecular weight is 337 g/mol. The van der Waals surface area contributed by atoms with Gasteiger partial charge in [-0.3, -0.25) is 0 Å². The van der Waals surface area contributed by atoms with Gasteiger partial charge in [0, 0.05) is 26.2 Å². The third-order valence-electron chi connectivity index (χ3n) is 4.36. The zero-order valence-corrected chi connectivity index (χ0v) is 14.6. The van der Waals surface area contributed by atoms with Gasteiger partial charge in [-0.25, -0.2) is 0 Å². The van der Waals surface area contributed by atoms with Gasteiger partial charge in [-0.05, 0) is 36.3 Å². The summed E-state index contributed by atoms with van der Waals surface area (Å²) in [5.41, 5.74) is 2.31. The minimum atomic E-state index is 1.01. The normalized spacial score (nSPS) is 15.6. The first-order valence-corrected chi connectivity index (χ1v) is 9.06. The summed E-state index contributed by atoms with van der Waals surface area (Å²) in [5, 5.41) is 1.10. The molecular formula is C19H21N4S+. The minimum Gasteiger partial charge on any atom is -0.322 e. The second-order valence-corrected chi connectivity index (χ2v) is 7.01. The van der Waals surface area contributed by atoms with Crippen LogP contribution in [-0.4, -0.2) is 43.1 Å². The molecule has 0 N–H and O–H groups in total. The Morgan fingerprint density at radius 1 is 0.875 bits per heavy atom. The van der Waals surface area contributed by atoms with Crippen molar-refractivity contribution in [2.75, 3.05) is 38.1 Å². The van der Waals surface area contributed by atoms with E-state index in [9.17, 15) is 0 Å². The summed E-state index contributed by atoms with van der Waals surface area (Å²) < 4.78 is 2.24. The number of hydrogen-bond acceptors (Lipinski definition) is 4. The van der Waals surface area contributed by atoms with Gasteiger partial charge in [-0.15, -0.1) is 3.96 Å². The van der Waals surface area contributed by atoms with Crippen molar-refractivity contribution in [2.24, 2.45) is 0 Å². The van der Waals surface area contributed by atoms with Crippen LogP contribution in [0.1, 0.15) is 0 Å². The molecule has 2 aromatic carbocycles. The lowest BCUT2D eigenvalue weighted by Gasteiger charge is -2.30. The van der Waals surface area contributed by atoms with Crippen LogP contribution in [0.4, 0.5) is 5.13 Å². The average Bonchev–Trinajstić information content (AvgIpc) is 3.09. The van der Waals surface area contributed by atoms with Crippen LogP contribution >= 0.6 is 11.5 Å². The quantitative estimate of drug-likeness (QED) is 0.687. The molecule has 1 saturated heterocycles. The Kier molecular flexibility index (Phi) is 4.28. The third-order valence-corrected chi connectivity index (χ3v) is 5.44. The molecule has 1 aromatic heterocycles. The Morgan fingerprint density at radius 2 is 1.50 bits per heavy atom. The van der Waals surface area contributed by atoms with Crippen LogP contribution in [0.3, 0.4) is 0 Å². The topological polar surface area (TPSA) is 23.2 Å². The van der Waals surface area contributed by atoms with Crippen LogP contribution < -0.4 is 8.86 Å². The first kappa shape index (κ1) is 15.3. The molecule has 3 aromatic rings. The van der Waals surface area contributed by atoms with Crippen molar-refractivity contribution in [3.05, 3.63) is 60.7 Å². The maximum Gasteiger partial charge on any atom is 0.350 e. The molecule has 0 unspecified atom stereocenters. The van der Waals surface area contributed by atoms with Crippen LogP contribution in [0.15, 0.2) is 60.7 Å². The highest BCUT2D eigenvalue weighted by molar-refractivity contribution is 7.06. The Bertz CT molecular complexity index is 736. The van der Waals surface area contributed by atoms with E-state index in [1.807, 2.05) is 6.07 Å². The van der Waals surface area contributed by atoms with E-state index in [2.05, 4.69) is 75.4 Å². The zero-order chi connectivity index (χ0) is 16.4. The number of para-hydroxylation sites is 1. The van der Waals surface area contributed by atoms with Gasteiger partial charge in [0.1, 0.15) is 17.2 Å². The van der Waals surface area contributed by atoms with Gasteiger partial charge in [-0.2, -0.15) is 0 Å². The number of rotatable bonds is 3. The predicted octanol–water partition coefficient (Wildman–Crippen LogP) is 2.84. The van der Waals surface area contributed by atoms with Crippen molar-refractivity contribution < 1.29 is 3.96 Å². The van der Waals surface area contributed by atoms with Gasteiger partial charge >= 0.3 is 11.0 Å². The fourth-order valence-electron chi connectivity index (χ4n) is 2.91. The van der Waals surface area contributed by atoms with E-state index < -0.39 is 0 Å². The first-order chi connectivity index (χ1) is 11.8. The highest BCUT2D eigenvalue weighted by atomic mass is 32.1. The van der Waals surface area contributed by atoms with Crippen molar-refractivity contribution in [1.82, 2.24) is 9.88 Å². The molecule has 4 nitrogen and oxygen atoms in total. The Labute approximate surface area is 146 Å². The summed E-state index contributed by atoms with van der Waals surface area (Å²) in [7, 11) is 2.18. The molecule has 0 atom stereocenters. The van der Waals surface area contributed by atoms with E-state index in [0.717, 1.165) is 48.4 Å². The van der Waals surface area contributed by atoms with Gasteiger partial charge < -0.3 is 9.80 Å². The smallest absolute Gasteiger partial charge is 0.322 e. The largest absolute Gasteiger partial charge is 0.350 e. The van der Waals surface area contributed by atoms with Crippen LogP contribution in [0, 0.1) is 0 Å². The molecule has 0 bridgehead atoms. The molecule has 0 saturated carbocycles. The molecule has 5 heteroatoms. The summed E-state index contributed by atoms with van der Waals surface area (Å²) in [5.74, 6) is 1.01.